The number of halogens is 1. The monoisotopic (exact) mass is 509 g/mol. The summed E-state index contributed by atoms with van der Waals surface area (Å²) in [6.45, 7) is 7.36. The molecule has 0 radical (unpaired) electrons. The molecule has 29 heavy (non-hydrogen) atoms. The minimum Gasteiger partial charge on any atom is -0.356 e. The Morgan fingerprint density at radius 2 is 1.86 bits per heavy atom. The maximum atomic E-state index is 4.54. The molecule has 0 amide bonds. The molecule has 6 heteroatoms. The molecular formula is C23H36IN5. The van der Waals surface area contributed by atoms with Crippen molar-refractivity contribution >= 4 is 29.9 Å². The van der Waals surface area contributed by atoms with Crippen LogP contribution in [0.25, 0.3) is 0 Å². The molecule has 1 atom stereocenters. The van der Waals surface area contributed by atoms with Gasteiger partial charge in [0, 0.05) is 37.8 Å². The summed E-state index contributed by atoms with van der Waals surface area (Å²) in [5.41, 5.74) is 5.35. The van der Waals surface area contributed by atoms with Crippen LogP contribution in [0.4, 0.5) is 0 Å². The van der Waals surface area contributed by atoms with E-state index in [1.165, 1.54) is 42.5 Å². The summed E-state index contributed by atoms with van der Waals surface area (Å²) in [6.07, 6.45) is 6.03. The molecule has 1 aromatic heterocycles. The zero-order valence-electron chi connectivity index (χ0n) is 18.5. The summed E-state index contributed by atoms with van der Waals surface area (Å²) in [6, 6.07) is 11.2. The summed E-state index contributed by atoms with van der Waals surface area (Å²) in [5, 5.41) is 11.7. The van der Waals surface area contributed by atoms with Gasteiger partial charge < -0.3 is 10.6 Å². The number of nitrogens with one attached hydrogen (secondary N) is 2. The van der Waals surface area contributed by atoms with Crippen molar-refractivity contribution in [3.63, 3.8) is 0 Å². The molecule has 1 fully saturated rings. The first-order valence-corrected chi connectivity index (χ1v) is 10.5. The van der Waals surface area contributed by atoms with E-state index in [-0.39, 0.29) is 35.4 Å². The van der Waals surface area contributed by atoms with Gasteiger partial charge in [0.15, 0.2) is 5.96 Å². The van der Waals surface area contributed by atoms with Gasteiger partial charge in [0.1, 0.15) is 0 Å². The SMILES string of the molecule is CN=C(NCC1(c2ccccc2)CCCC1)NC(C)Cc1c(C)nn(C)c1C.I. The van der Waals surface area contributed by atoms with Crippen molar-refractivity contribution in [2.75, 3.05) is 13.6 Å². The predicted molar refractivity (Wildman–Crippen MR) is 132 cm³/mol. The Morgan fingerprint density at radius 3 is 2.41 bits per heavy atom. The third-order valence-corrected chi connectivity index (χ3v) is 6.32. The fourth-order valence-corrected chi connectivity index (χ4v) is 4.56. The molecule has 2 aromatic rings. The van der Waals surface area contributed by atoms with Crippen LogP contribution in [0.1, 0.15) is 55.1 Å². The van der Waals surface area contributed by atoms with Gasteiger partial charge >= 0.3 is 0 Å². The molecule has 1 heterocycles. The molecule has 1 saturated carbocycles. The summed E-state index contributed by atoms with van der Waals surface area (Å²) in [7, 11) is 3.86. The number of benzene rings is 1. The largest absolute Gasteiger partial charge is 0.356 e. The second-order valence-corrected chi connectivity index (χ2v) is 8.30. The third-order valence-electron chi connectivity index (χ3n) is 6.32. The topological polar surface area (TPSA) is 54.2 Å². The summed E-state index contributed by atoms with van der Waals surface area (Å²) >= 11 is 0. The normalized spacial score (nSPS) is 16.9. The van der Waals surface area contributed by atoms with E-state index in [1.54, 1.807) is 0 Å². The van der Waals surface area contributed by atoms with Crippen molar-refractivity contribution < 1.29 is 0 Å². The Balaban J connectivity index is 0.00000300. The summed E-state index contributed by atoms with van der Waals surface area (Å²) in [4.78, 5) is 4.48. The van der Waals surface area contributed by atoms with Crippen molar-refractivity contribution in [3.05, 3.63) is 52.8 Å². The van der Waals surface area contributed by atoms with Crippen molar-refractivity contribution in [1.29, 1.82) is 0 Å². The van der Waals surface area contributed by atoms with Crippen molar-refractivity contribution in [3.8, 4) is 0 Å². The van der Waals surface area contributed by atoms with Crippen LogP contribution in [0.5, 0.6) is 0 Å². The Morgan fingerprint density at radius 1 is 1.21 bits per heavy atom. The predicted octanol–water partition coefficient (Wildman–Crippen LogP) is 4.26. The van der Waals surface area contributed by atoms with Gasteiger partial charge in [-0.1, -0.05) is 43.2 Å². The van der Waals surface area contributed by atoms with E-state index in [2.05, 4.69) is 71.8 Å². The van der Waals surface area contributed by atoms with Crippen LogP contribution in [-0.4, -0.2) is 35.4 Å². The molecule has 0 spiro atoms. The minimum atomic E-state index is 0. The highest BCUT2D eigenvalue weighted by Crippen LogP contribution is 2.40. The zero-order chi connectivity index (χ0) is 20.1. The number of rotatable bonds is 6. The first kappa shape index (κ1) is 23.7. The zero-order valence-corrected chi connectivity index (χ0v) is 20.8. The summed E-state index contributed by atoms with van der Waals surface area (Å²) < 4.78 is 1.97. The number of aryl methyl sites for hydroxylation is 2. The maximum absolute atomic E-state index is 4.54. The molecule has 1 aliphatic carbocycles. The molecule has 2 N–H and O–H groups in total. The molecule has 1 unspecified atom stereocenters. The molecule has 0 aliphatic heterocycles. The van der Waals surface area contributed by atoms with Crippen LogP contribution in [0.2, 0.25) is 0 Å². The van der Waals surface area contributed by atoms with E-state index in [1.807, 2.05) is 18.8 Å². The van der Waals surface area contributed by atoms with Gasteiger partial charge in [0.25, 0.3) is 0 Å². The molecule has 0 bridgehead atoms. The highest BCUT2D eigenvalue weighted by molar-refractivity contribution is 14.0. The number of aromatic nitrogens is 2. The van der Waals surface area contributed by atoms with E-state index in [0.29, 0.717) is 0 Å². The number of nitrogens with zero attached hydrogens (tertiary/aromatic N) is 3. The van der Waals surface area contributed by atoms with Gasteiger partial charge in [-0.05, 0) is 51.2 Å². The second kappa shape index (κ2) is 10.5. The number of hydrogen-bond acceptors (Lipinski definition) is 2. The van der Waals surface area contributed by atoms with E-state index < -0.39 is 0 Å². The maximum Gasteiger partial charge on any atom is 0.191 e. The molecular weight excluding hydrogens is 473 g/mol. The van der Waals surface area contributed by atoms with Crippen LogP contribution >= 0.6 is 24.0 Å². The van der Waals surface area contributed by atoms with E-state index in [0.717, 1.165) is 24.6 Å². The van der Waals surface area contributed by atoms with E-state index in [4.69, 9.17) is 0 Å². The van der Waals surface area contributed by atoms with Crippen molar-refractivity contribution in [1.82, 2.24) is 20.4 Å². The lowest BCUT2D eigenvalue weighted by Crippen LogP contribution is -2.47. The molecule has 1 aliphatic rings. The molecule has 5 nitrogen and oxygen atoms in total. The lowest BCUT2D eigenvalue weighted by Gasteiger charge is -2.31. The fraction of sp³-hybridized carbons (Fsp3) is 0.565. The second-order valence-electron chi connectivity index (χ2n) is 8.30. The number of aliphatic imine (C=N–C) groups is 1. The molecule has 0 saturated heterocycles. The quantitative estimate of drug-likeness (QED) is 0.348. The Labute approximate surface area is 192 Å². The van der Waals surface area contributed by atoms with Crippen LogP contribution in [0, 0.1) is 13.8 Å². The molecule has 160 valence electrons. The molecule has 3 rings (SSSR count). The minimum absolute atomic E-state index is 0. The fourth-order valence-electron chi connectivity index (χ4n) is 4.56. The highest BCUT2D eigenvalue weighted by Gasteiger charge is 2.35. The van der Waals surface area contributed by atoms with E-state index in [9.17, 15) is 0 Å². The lowest BCUT2D eigenvalue weighted by atomic mass is 9.79. The highest BCUT2D eigenvalue weighted by atomic mass is 127. The van der Waals surface area contributed by atoms with Crippen LogP contribution in [0.15, 0.2) is 35.3 Å². The Hall–Kier alpha value is -1.57. The lowest BCUT2D eigenvalue weighted by molar-refractivity contribution is 0.430. The van der Waals surface area contributed by atoms with Gasteiger partial charge in [0.2, 0.25) is 0 Å². The average Bonchev–Trinajstić information content (AvgIpc) is 3.27. The Bertz CT molecular complexity index is 806. The summed E-state index contributed by atoms with van der Waals surface area (Å²) in [5.74, 6) is 0.883. The Kier molecular flexibility index (Phi) is 8.55. The number of guanidine groups is 1. The van der Waals surface area contributed by atoms with Gasteiger partial charge in [-0.15, -0.1) is 24.0 Å². The van der Waals surface area contributed by atoms with E-state index >= 15 is 0 Å². The first-order chi connectivity index (χ1) is 13.4. The first-order valence-electron chi connectivity index (χ1n) is 10.5. The van der Waals surface area contributed by atoms with Crippen LogP contribution in [0.3, 0.4) is 0 Å². The average molecular weight is 509 g/mol. The van der Waals surface area contributed by atoms with Gasteiger partial charge in [-0.3, -0.25) is 9.67 Å². The third kappa shape index (κ3) is 5.53. The standard InChI is InChI=1S/C23H35N5.HI/c1-17(15-21-18(2)27-28(5)19(21)3)26-22(24-4)25-16-23(13-9-10-14-23)20-11-7-6-8-12-20;/h6-8,11-12,17H,9-10,13-16H2,1-5H3,(H2,24,25,26);1H. The van der Waals surface area contributed by atoms with Crippen LogP contribution in [-0.2, 0) is 18.9 Å². The van der Waals surface area contributed by atoms with Gasteiger partial charge in [-0.25, -0.2) is 0 Å². The molecule has 1 aromatic carbocycles. The van der Waals surface area contributed by atoms with Gasteiger partial charge in [-0.2, -0.15) is 5.10 Å². The van der Waals surface area contributed by atoms with Crippen molar-refractivity contribution in [2.45, 2.75) is 64.3 Å². The van der Waals surface area contributed by atoms with Crippen LogP contribution < -0.4 is 10.6 Å². The smallest absolute Gasteiger partial charge is 0.191 e. The van der Waals surface area contributed by atoms with Crippen molar-refractivity contribution in [2.24, 2.45) is 12.0 Å². The van der Waals surface area contributed by atoms with Gasteiger partial charge in [0.05, 0.1) is 5.69 Å². The number of hydrogen-bond donors (Lipinski definition) is 2.